The lowest BCUT2D eigenvalue weighted by Gasteiger charge is -2.32. The number of hydrogen-bond acceptors (Lipinski definition) is 3. The molecule has 0 spiro atoms. The van der Waals surface area contributed by atoms with E-state index >= 15 is 0 Å². The van der Waals surface area contributed by atoms with Crippen LogP contribution in [0.3, 0.4) is 0 Å². The van der Waals surface area contributed by atoms with Crippen molar-refractivity contribution < 1.29 is 5.11 Å². The predicted octanol–water partition coefficient (Wildman–Crippen LogP) is 2.50. The number of aromatic nitrogens is 1. The third-order valence-electron chi connectivity index (χ3n) is 3.43. The summed E-state index contributed by atoms with van der Waals surface area (Å²) in [4.78, 5) is 4.09. The molecule has 0 saturated heterocycles. The summed E-state index contributed by atoms with van der Waals surface area (Å²) in [6.45, 7) is 2.69. The molecule has 2 N–H and O–H groups in total. The third kappa shape index (κ3) is 2.73. The van der Waals surface area contributed by atoms with E-state index in [2.05, 4.69) is 17.2 Å². The van der Waals surface area contributed by atoms with E-state index in [1.54, 1.807) is 6.20 Å². The highest BCUT2D eigenvalue weighted by molar-refractivity contribution is 5.48. The minimum Gasteiger partial charge on any atom is -0.388 e. The Labute approximate surface area is 96.9 Å². The summed E-state index contributed by atoms with van der Waals surface area (Å²) in [7, 11) is 0. The fourth-order valence-electron chi connectivity index (χ4n) is 2.30. The Kier molecular flexibility index (Phi) is 3.44. The standard InChI is InChI=1S/C13H20N2O/c1-11-5-8-14-9-12(11)15-10-13(16)6-3-2-4-7-13/h5,8-9,15-16H,2-4,6-7,10H2,1H3. The monoisotopic (exact) mass is 220 g/mol. The van der Waals surface area contributed by atoms with Crippen molar-refractivity contribution in [3.8, 4) is 0 Å². The molecule has 1 aromatic rings. The van der Waals surface area contributed by atoms with Gasteiger partial charge >= 0.3 is 0 Å². The van der Waals surface area contributed by atoms with Gasteiger partial charge in [-0.05, 0) is 31.4 Å². The van der Waals surface area contributed by atoms with E-state index in [0.717, 1.165) is 31.4 Å². The van der Waals surface area contributed by atoms with Gasteiger partial charge < -0.3 is 10.4 Å². The molecule has 1 fully saturated rings. The van der Waals surface area contributed by atoms with Crippen LogP contribution in [0.4, 0.5) is 5.69 Å². The van der Waals surface area contributed by atoms with Crippen molar-refractivity contribution in [1.82, 2.24) is 4.98 Å². The Hall–Kier alpha value is -1.09. The Balaban J connectivity index is 1.94. The number of hydrogen-bond donors (Lipinski definition) is 2. The maximum absolute atomic E-state index is 10.3. The van der Waals surface area contributed by atoms with Crippen molar-refractivity contribution in [2.45, 2.75) is 44.6 Å². The average Bonchev–Trinajstić information content (AvgIpc) is 2.29. The van der Waals surface area contributed by atoms with Crippen molar-refractivity contribution in [3.05, 3.63) is 24.0 Å². The number of aryl methyl sites for hydroxylation is 1. The van der Waals surface area contributed by atoms with Gasteiger partial charge in [0.1, 0.15) is 0 Å². The molecule has 3 nitrogen and oxygen atoms in total. The lowest BCUT2D eigenvalue weighted by Crippen LogP contribution is -2.38. The summed E-state index contributed by atoms with van der Waals surface area (Å²) in [5, 5.41) is 13.7. The molecule has 0 amide bonds. The largest absolute Gasteiger partial charge is 0.388 e. The summed E-state index contributed by atoms with van der Waals surface area (Å²) in [5.74, 6) is 0. The Morgan fingerprint density at radius 1 is 1.38 bits per heavy atom. The van der Waals surface area contributed by atoms with E-state index in [1.165, 1.54) is 12.0 Å². The minimum absolute atomic E-state index is 0.513. The van der Waals surface area contributed by atoms with Crippen molar-refractivity contribution in [3.63, 3.8) is 0 Å². The van der Waals surface area contributed by atoms with E-state index < -0.39 is 5.60 Å². The van der Waals surface area contributed by atoms with Gasteiger partial charge in [0, 0.05) is 12.7 Å². The normalized spacial score (nSPS) is 19.4. The first-order chi connectivity index (χ1) is 7.70. The van der Waals surface area contributed by atoms with Crippen LogP contribution >= 0.6 is 0 Å². The second-order valence-corrected chi connectivity index (χ2v) is 4.83. The van der Waals surface area contributed by atoms with Gasteiger partial charge in [0.05, 0.1) is 17.5 Å². The molecule has 0 unspecified atom stereocenters. The SMILES string of the molecule is Cc1ccncc1NCC1(O)CCCCC1. The van der Waals surface area contributed by atoms with Gasteiger partial charge in [0.25, 0.3) is 0 Å². The number of anilines is 1. The Morgan fingerprint density at radius 3 is 2.81 bits per heavy atom. The van der Waals surface area contributed by atoms with E-state index in [1.807, 2.05) is 12.3 Å². The van der Waals surface area contributed by atoms with E-state index in [-0.39, 0.29) is 0 Å². The first-order valence-corrected chi connectivity index (χ1v) is 6.06. The zero-order valence-corrected chi connectivity index (χ0v) is 9.87. The topological polar surface area (TPSA) is 45.2 Å². The summed E-state index contributed by atoms with van der Waals surface area (Å²) in [5.41, 5.74) is 1.69. The first-order valence-electron chi connectivity index (χ1n) is 6.06. The number of rotatable bonds is 3. The highest BCUT2D eigenvalue weighted by Gasteiger charge is 2.28. The van der Waals surface area contributed by atoms with E-state index in [9.17, 15) is 5.11 Å². The number of nitrogens with one attached hydrogen (secondary N) is 1. The van der Waals surface area contributed by atoms with Crippen LogP contribution in [0, 0.1) is 6.92 Å². The van der Waals surface area contributed by atoms with Gasteiger partial charge in [-0.3, -0.25) is 4.98 Å². The lowest BCUT2D eigenvalue weighted by molar-refractivity contribution is 0.0167. The first kappa shape index (κ1) is 11.4. The smallest absolute Gasteiger partial charge is 0.0819 e. The quantitative estimate of drug-likeness (QED) is 0.822. The van der Waals surface area contributed by atoms with Crippen molar-refractivity contribution in [2.24, 2.45) is 0 Å². The Morgan fingerprint density at radius 2 is 2.12 bits per heavy atom. The van der Waals surface area contributed by atoms with E-state index in [0.29, 0.717) is 6.54 Å². The van der Waals surface area contributed by atoms with Crippen molar-refractivity contribution >= 4 is 5.69 Å². The molecular weight excluding hydrogens is 200 g/mol. The highest BCUT2D eigenvalue weighted by atomic mass is 16.3. The molecule has 1 aromatic heterocycles. The fraction of sp³-hybridized carbons (Fsp3) is 0.615. The van der Waals surface area contributed by atoms with E-state index in [4.69, 9.17) is 0 Å². The summed E-state index contributed by atoms with van der Waals surface area (Å²) >= 11 is 0. The molecule has 1 aliphatic rings. The molecule has 1 saturated carbocycles. The molecule has 2 rings (SSSR count). The molecule has 1 aliphatic carbocycles. The van der Waals surface area contributed by atoms with Gasteiger partial charge in [0.15, 0.2) is 0 Å². The molecule has 0 bridgehead atoms. The van der Waals surface area contributed by atoms with Crippen molar-refractivity contribution in [1.29, 1.82) is 0 Å². The van der Waals surface area contributed by atoms with Crippen LogP contribution in [0.5, 0.6) is 0 Å². The molecule has 3 heteroatoms. The molecule has 0 atom stereocenters. The lowest BCUT2D eigenvalue weighted by atomic mass is 9.85. The fourth-order valence-corrected chi connectivity index (χ4v) is 2.30. The molecule has 16 heavy (non-hydrogen) atoms. The predicted molar refractivity (Wildman–Crippen MR) is 65.5 cm³/mol. The number of aliphatic hydroxyl groups is 1. The second kappa shape index (κ2) is 4.83. The zero-order chi connectivity index (χ0) is 11.4. The second-order valence-electron chi connectivity index (χ2n) is 4.83. The van der Waals surface area contributed by atoms with Crippen molar-refractivity contribution in [2.75, 3.05) is 11.9 Å². The zero-order valence-electron chi connectivity index (χ0n) is 9.87. The van der Waals surface area contributed by atoms with Crippen LogP contribution in [-0.2, 0) is 0 Å². The van der Waals surface area contributed by atoms with Gasteiger partial charge in [-0.15, -0.1) is 0 Å². The molecule has 88 valence electrons. The number of nitrogens with zero attached hydrogens (tertiary/aromatic N) is 1. The summed E-state index contributed by atoms with van der Waals surface area (Å²) in [6, 6.07) is 1.98. The van der Waals surface area contributed by atoms with Crippen LogP contribution in [0.15, 0.2) is 18.5 Å². The number of pyridine rings is 1. The highest BCUT2D eigenvalue weighted by Crippen LogP contribution is 2.28. The third-order valence-corrected chi connectivity index (χ3v) is 3.43. The van der Waals surface area contributed by atoms with Gasteiger partial charge in [-0.25, -0.2) is 0 Å². The van der Waals surface area contributed by atoms with Gasteiger partial charge in [-0.1, -0.05) is 19.3 Å². The maximum Gasteiger partial charge on any atom is 0.0819 e. The van der Waals surface area contributed by atoms with Crippen LogP contribution < -0.4 is 5.32 Å². The molecular formula is C13H20N2O. The van der Waals surface area contributed by atoms with Crippen LogP contribution in [0.25, 0.3) is 0 Å². The van der Waals surface area contributed by atoms with Crippen LogP contribution in [0.1, 0.15) is 37.7 Å². The summed E-state index contributed by atoms with van der Waals surface area (Å²) < 4.78 is 0. The molecule has 0 aliphatic heterocycles. The van der Waals surface area contributed by atoms with Crippen LogP contribution in [-0.4, -0.2) is 22.2 Å². The molecule has 1 heterocycles. The molecule has 0 aromatic carbocycles. The summed E-state index contributed by atoms with van der Waals surface area (Å²) in [6.07, 6.45) is 8.98. The molecule has 0 radical (unpaired) electrons. The van der Waals surface area contributed by atoms with Gasteiger partial charge in [-0.2, -0.15) is 0 Å². The van der Waals surface area contributed by atoms with Crippen LogP contribution in [0.2, 0.25) is 0 Å². The van der Waals surface area contributed by atoms with Gasteiger partial charge in [0.2, 0.25) is 0 Å². The minimum atomic E-state index is -0.513. The Bertz CT molecular complexity index is 346. The maximum atomic E-state index is 10.3. The average molecular weight is 220 g/mol.